The van der Waals surface area contributed by atoms with Crippen LogP contribution < -0.4 is 37.9 Å². The van der Waals surface area contributed by atoms with Gasteiger partial charge in [-0.15, -0.1) is 0 Å². The molecule has 0 spiro atoms. The fourth-order valence-electron chi connectivity index (χ4n) is 11.7. The summed E-state index contributed by atoms with van der Waals surface area (Å²) < 4.78 is 44.0. The lowest BCUT2D eigenvalue weighted by atomic mass is 9.53. The van der Waals surface area contributed by atoms with Crippen molar-refractivity contribution in [2.45, 2.75) is 76.0 Å². The third kappa shape index (κ3) is 12.8. The van der Waals surface area contributed by atoms with E-state index in [1.165, 1.54) is 0 Å². The van der Waals surface area contributed by atoms with Gasteiger partial charge in [0.05, 0.1) is 0 Å². The van der Waals surface area contributed by atoms with Crippen LogP contribution in [0.1, 0.15) is 87.5 Å². The minimum Gasteiger partial charge on any atom is -0.395 e. The molecule has 0 heterocycles. The van der Waals surface area contributed by atoms with Crippen molar-refractivity contribution >= 4 is 24.6 Å². The molecule has 0 radical (unpaired) electrons. The number of carbonyl (C=O) groups is 4. The minimum absolute atomic E-state index is 0.0282. The van der Waals surface area contributed by atoms with Crippen molar-refractivity contribution in [2.24, 2.45) is 17.3 Å². The van der Waals surface area contributed by atoms with Crippen LogP contribution in [-0.2, 0) is 10.8 Å². The molecule has 0 saturated heterocycles. The van der Waals surface area contributed by atoms with E-state index < -0.39 is 35.5 Å². The summed E-state index contributed by atoms with van der Waals surface area (Å²) in [6.07, 6.45) is 3.94. The Morgan fingerprint density at radius 2 is 0.468 bits per heavy atom. The zero-order valence-electron chi connectivity index (χ0n) is 44.0. The van der Waals surface area contributed by atoms with E-state index in [0.717, 1.165) is 73.6 Å². The van der Waals surface area contributed by atoms with Gasteiger partial charge >= 0.3 is 24.6 Å². The number of benzene rings is 8. The smallest absolute Gasteiger partial charge is 0.395 e. The van der Waals surface area contributed by atoms with Crippen molar-refractivity contribution in [1.82, 2.24) is 0 Å². The molecule has 400 valence electrons. The summed E-state index contributed by atoms with van der Waals surface area (Å²) in [5.74, 6) is 3.83. The van der Waals surface area contributed by atoms with E-state index in [1.807, 2.05) is 121 Å². The Hall–Kier alpha value is -9.16. The molecule has 0 unspecified atom stereocenters. The van der Waals surface area contributed by atoms with Gasteiger partial charge in [0, 0.05) is 10.8 Å². The molecule has 0 amide bonds. The van der Waals surface area contributed by atoms with E-state index in [0.29, 0.717) is 57.8 Å². The predicted octanol–water partition coefficient (Wildman–Crippen LogP) is 16.7. The maximum absolute atomic E-state index is 12.8. The van der Waals surface area contributed by atoms with Gasteiger partial charge in [-0.3, -0.25) is 0 Å². The van der Waals surface area contributed by atoms with Gasteiger partial charge < -0.3 is 37.9 Å². The first kappa shape index (κ1) is 53.2. The van der Waals surface area contributed by atoms with Crippen LogP contribution in [0.4, 0.5) is 19.2 Å². The topological polar surface area (TPSA) is 142 Å². The Balaban J connectivity index is 0.859. The van der Waals surface area contributed by atoms with Crippen LogP contribution in [0.5, 0.6) is 46.0 Å². The highest BCUT2D eigenvalue weighted by Gasteiger charge is 2.48. The lowest BCUT2D eigenvalue weighted by Crippen LogP contribution is -2.43. The maximum atomic E-state index is 12.8. The van der Waals surface area contributed by atoms with Crippen LogP contribution in [0, 0.1) is 17.3 Å². The molecule has 8 aromatic rings. The van der Waals surface area contributed by atoms with Crippen LogP contribution in [0.3, 0.4) is 0 Å². The Labute approximate surface area is 459 Å². The van der Waals surface area contributed by atoms with E-state index in [2.05, 4.69) is 13.8 Å². The van der Waals surface area contributed by atoms with Gasteiger partial charge in [0.15, 0.2) is 0 Å². The standard InChI is InChI=1S/C67H60O12/c1-65(2,47-39-43-66(44-40-47,49-23-31-57(32-24-49)76-61(68)72-53-15-7-3-8-16-53)50-25-33-58(34-26-50)77-62(69)73-54-17-9-4-10-18-54)48-41-45-67(46-42-48,51-27-35-59(36-28-51)78-63(70)74-55-19-11-5-12-20-55)52-29-37-60(38-30-52)79-64(71)75-56-21-13-6-14-22-56/h3-38,47-48H,39-46H2,1-2H3. The molecule has 10 rings (SSSR count). The molecular weight excluding hydrogens is 997 g/mol. The van der Waals surface area contributed by atoms with Gasteiger partial charge in [-0.1, -0.05) is 135 Å². The third-order valence-corrected chi connectivity index (χ3v) is 16.0. The van der Waals surface area contributed by atoms with Crippen LogP contribution in [0.25, 0.3) is 0 Å². The van der Waals surface area contributed by atoms with E-state index >= 15 is 0 Å². The summed E-state index contributed by atoms with van der Waals surface area (Å²) in [5, 5.41) is 0. The largest absolute Gasteiger partial charge is 0.519 e. The second-order valence-electron chi connectivity index (χ2n) is 20.7. The number of para-hydroxylation sites is 4. The summed E-state index contributed by atoms with van der Waals surface area (Å²) in [5.41, 5.74) is 3.51. The number of rotatable bonds is 14. The van der Waals surface area contributed by atoms with Gasteiger partial charge in [0.2, 0.25) is 0 Å². The molecule has 8 aromatic carbocycles. The van der Waals surface area contributed by atoms with Crippen molar-refractivity contribution in [3.63, 3.8) is 0 Å². The lowest BCUT2D eigenvalue weighted by molar-refractivity contribution is 0.0364. The lowest BCUT2D eigenvalue weighted by Gasteiger charge is -2.51. The Morgan fingerprint density at radius 3 is 0.658 bits per heavy atom. The van der Waals surface area contributed by atoms with Gasteiger partial charge in [-0.2, -0.15) is 0 Å². The quantitative estimate of drug-likeness (QED) is 0.0755. The van der Waals surface area contributed by atoms with Gasteiger partial charge in [-0.05, 0) is 188 Å². The summed E-state index contributed by atoms with van der Waals surface area (Å²) in [7, 11) is 0. The highest BCUT2D eigenvalue weighted by atomic mass is 16.7. The van der Waals surface area contributed by atoms with E-state index in [1.54, 1.807) is 97.1 Å². The molecule has 2 aliphatic carbocycles. The predicted molar refractivity (Wildman–Crippen MR) is 297 cm³/mol. The van der Waals surface area contributed by atoms with Crippen LogP contribution >= 0.6 is 0 Å². The first-order valence-electron chi connectivity index (χ1n) is 26.6. The van der Waals surface area contributed by atoms with E-state index in [-0.39, 0.29) is 5.41 Å². The molecule has 0 aromatic heterocycles. The molecular formula is C67H60O12. The minimum atomic E-state index is -0.825. The third-order valence-electron chi connectivity index (χ3n) is 16.0. The summed E-state index contributed by atoms with van der Waals surface area (Å²) in [6, 6.07) is 65.9. The van der Waals surface area contributed by atoms with E-state index in [9.17, 15) is 19.2 Å². The fourth-order valence-corrected chi connectivity index (χ4v) is 11.7. The van der Waals surface area contributed by atoms with E-state index in [4.69, 9.17) is 37.9 Å². The summed E-state index contributed by atoms with van der Waals surface area (Å²) >= 11 is 0. The van der Waals surface area contributed by atoms with Gasteiger partial charge in [0.1, 0.15) is 46.0 Å². The molecule has 2 aliphatic rings. The van der Waals surface area contributed by atoms with Crippen molar-refractivity contribution in [3.05, 3.63) is 241 Å². The number of hydrogen-bond donors (Lipinski definition) is 0. The highest BCUT2D eigenvalue weighted by Crippen LogP contribution is 2.57. The molecule has 2 fully saturated rings. The Kier molecular flexibility index (Phi) is 16.2. The van der Waals surface area contributed by atoms with Crippen LogP contribution in [0.2, 0.25) is 0 Å². The zero-order chi connectivity index (χ0) is 54.7. The van der Waals surface area contributed by atoms with Crippen LogP contribution in [-0.4, -0.2) is 24.6 Å². The van der Waals surface area contributed by atoms with Crippen molar-refractivity contribution in [3.8, 4) is 46.0 Å². The van der Waals surface area contributed by atoms with Crippen molar-refractivity contribution < 1.29 is 57.1 Å². The average Bonchev–Trinajstić information content (AvgIpc) is 3.60. The molecule has 79 heavy (non-hydrogen) atoms. The molecule has 0 atom stereocenters. The molecule has 0 bridgehead atoms. The molecule has 0 N–H and O–H groups in total. The molecule has 12 heteroatoms. The molecule has 12 nitrogen and oxygen atoms in total. The number of hydrogen-bond acceptors (Lipinski definition) is 12. The summed E-state index contributed by atoms with van der Waals surface area (Å²) in [6.45, 7) is 4.87. The van der Waals surface area contributed by atoms with Crippen molar-refractivity contribution in [1.29, 1.82) is 0 Å². The summed E-state index contributed by atoms with van der Waals surface area (Å²) in [4.78, 5) is 51.0. The maximum Gasteiger partial charge on any atom is 0.519 e. The molecule has 2 saturated carbocycles. The Morgan fingerprint density at radius 1 is 0.291 bits per heavy atom. The second kappa shape index (κ2) is 24.0. The monoisotopic (exact) mass is 1060 g/mol. The number of ether oxygens (including phenoxy) is 8. The van der Waals surface area contributed by atoms with Crippen molar-refractivity contribution in [2.75, 3.05) is 0 Å². The fraction of sp³-hybridized carbons (Fsp3) is 0.224. The zero-order valence-corrected chi connectivity index (χ0v) is 44.0. The average molecular weight is 1060 g/mol. The van der Waals surface area contributed by atoms with Gasteiger partial charge in [0.25, 0.3) is 0 Å². The normalized spacial score (nSPS) is 15.1. The first-order valence-corrected chi connectivity index (χ1v) is 26.6. The SMILES string of the molecule is CC(C)(C1CCC(c2ccc(OC(=O)Oc3ccccc3)cc2)(c2ccc(OC(=O)Oc3ccccc3)cc2)CC1)C1CCC(c2ccc(OC(=O)Oc3ccccc3)cc2)(c2ccc(OC(=O)Oc3ccccc3)cc2)CC1. The van der Waals surface area contributed by atoms with Gasteiger partial charge in [-0.25, -0.2) is 19.2 Å². The number of carbonyl (C=O) groups excluding carboxylic acids is 4. The van der Waals surface area contributed by atoms with Crippen LogP contribution in [0.15, 0.2) is 218 Å². The Bertz CT molecular complexity index is 2870. The highest BCUT2D eigenvalue weighted by molar-refractivity contribution is 5.69. The first-order chi connectivity index (χ1) is 38.4. The second-order valence-corrected chi connectivity index (χ2v) is 20.7. The molecule has 0 aliphatic heterocycles.